The molecule has 2 amide bonds. The van der Waals surface area contributed by atoms with E-state index in [0.29, 0.717) is 0 Å². The Kier molecular flexibility index (Phi) is 4.37. The molecule has 2 unspecified atom stereocenters. The van der Waals surface area contributed by atoms with E-state index in [1.165, 1.54) is 0 Å². The van der Waals surface area contributed by atoms with Gasteiger partial charge in [0.25, 0.3) is 0 Å². The minimum atomic E-state index is -0.727. The molecule has 5 N–H and O–H groups in total. The van der Waals surface area contributed by atoms with E-state index in [1.54, 1.807) is 13.8 Å². The molecule has 0 aliphatic heterocycles. The average Bonchev–Trinajstić information content (AvgIpc) is 2.25. The Bertz CT molecular complexity index is 337. The van der Waals surface area contributed by atoms with Gasteiger partial charge in [0.1, 0.15) is 0 Å². The van der Waals surface area contributed by atoms with Crippen LogP contribution in [0.1, 0.15) is 46.5 Å². The number of rotatable bonds is 4. The first-order valence-corrected chi connectivity index (χ1v) is 6.53. The van der Waals surface area contributed by atoms with Crippen molar-refractivity contribution in [2.45, 2.75) is 52.0 Å². The highest BCUT2D eigenvalue weighted by molar-refractivity contribution is 5.83. The quantitative estimate of drug-likeness (QED) is 0.683. The molecule has 0 spiro atoms. The molecule has 1 fully saturated rings. The van der Waals surface area contributed by atoms with Crippen molar-refractivity contribution in [2.75, 3.05) is 6.54 Å². The van der Waals surface area contributed by atoms with Crippen LogP contribution >= 0.6 is 0 Å². The number of hydrogen-bond acceptors (Lipinski definition) is 3. The van der Waals surface area contributed by atoms with Gasteiger partial charge in [-0.3, -0.25) is 9.59 Å². The highest BCUT2D eigenvalue weighted by Gasteiger charge is 2.38. The lowest BCUT2D eigenvalue weighted by Crippen LogP contribution is -2.54. The number of nitrogens with two attached hydrogens (primary N) is 2. The van der Waals surface area contributed by atoms with E-state index in [1.807, 2.05) is 6.92 Å². The predicted octanol–water partition coefficient (Wildman–Crippen LogP) is 0.522. The summed E-state index contributed by atoms with van der Waals surface area (Å²) in [5.74, 6) is -0.647. The summed E-state index contributed by atoms with van der Waals surface area (Å²) in [6.07, 6.45) is 3.79. The molecule has 0 radical (unpaired) electrons. The Morgan fingerprint density at radius 3 is 2.50 bits per heavy atom. The van der Waals surface area contributed by atoms with Gasteiger partial charge in [-0.2, -0.15) is 0 Å². The summed E-state index contributed by atoms with van der Waals surface area (Å²) < 4.78 is 0. The SMILES string of the molecule is CC(C)(CNC(=O)C1CCCCC1(C)N)C(N)=O. The maximum absolute atomic E-state index is 12.1. The molecular weight excluding hydrogens is 230 g/mol. The molecule has 5 heteroatoms. The lowest BCUT2D eigenvalue weighted by molar-refractivity contribution is -0.130. The van der Waals surface area contributed by atoms with Crippen LogP contribution in [0.2, 0.25) is 0 Å². The van der Waals surface area contributed by atoms with Crippen molar-refractivity contribution >= 4 is 11.8 Å². The molecule has 0 heterocycles. The average molecular weight is 255 g/mol. The molecule has 0 saturated heterocycles. The molecule has 18 heavy (non-hydrogen) atoms. The van der Waals surface area contributed by atoms with E-state index in [9.17, 15) is 9.59 Å². The molecule has 0 aromatic rings. The number of amides is 2. The van der Waals surface area contributed by atoms with E-state index >= 15 is 0 Å². The zero-order valence-corrected chi connectivity index (χ0v) is 11.6. The van der Waals surface area contributed by atoms with Crippen molar-refractivity contribution in [1.29, 1.82) is 0 Å². The first-order valence-electron chi connectivity index (χ1n) is 6.53. The molecule has 1 aliphatic carbocycles. The summed E-state index contributed by atoms with van der Waals surface area (Å²) in [5.41, 5.74) is 10.3. The van der Waals surface area contributed by atoms with Crippen molar-refractivity contribution in [1.82, 2.24) is 5.32 Å². The fourth-order valence-electron chi connectivity index (χ4n) is 2.31. The van der Waals surface area contributed by atoms with Gasteiger partial charge in [0.15, 0.2) is 0 Å². The Morgan fingerprint density at radius 1 is 1.39 bits per heavy atom. The zero-order chi connectivity index (χ0) is 14.0. The minimum absolute atomic E-state index is 0.0611. The van der Waals surface area contributed by atoms with Crippen molar-refractivity contribution in [2.24, 2.45) is 22.8 Å². The molecule has 2 atom stereocenters. The Labute approximate surface area is 109 Å². The molecule has 0 bridgehead atoms. The molecule has 0 aromatic heterocycles. The van der Waals surface area contributed by atoms with E-state index in [2.05, 4.69) is 5.32 Å². The molecule has 1 rings (SSSR count). The van der Waals surface area contributed by atoms with Gasteiger partial charge in [-0.1, -0.05) is 12.8 Å². The third-order valence-corrected chi connectivity index (χ3v) is 3.94. The predicted molar refractivity (Wildman–Crippen MR) is 70.5 cm³/mol. The van der Waals surface area contributed by atoms with Crippen LogP contribution in [0.25, 0.3) is 0 Å². The first-order chi connectivity index (χ1) is 8.17. The van der Waals surface area contributed by atoms with Crippen LogP contribution in [0.15, 0.2) is 0 Å². The lowest BCUT2D eigenvalue weighted by Gasteiger charge is -2.37. The van der Waals surface area contributed by atoms with Crippen LogP contribution in [0.4, 0.5) is 0 Å². The minimum Gasteiger partial charge on any atom is -0.369 e. The second kappa shape index (κ2) is 5.26. The highest BCUT2D eigenvalue weighted by Crippen LogP contribution is 2.31. The van der Waals surface area contributed by atoms with Gasteiger partial charge in [-0.25, -0.2) is 0 Å². The summed E-state index contributed by atoms with van der Waals surface area (Å²) in [5, 5.41) is 2.81. The summed E-state index contributed by atoms with van der Waals surface area (Å²) in [7, 11) is 0. The number of carbonyl (C=O) groups excluding carboxylic acids is 2. The van der Waals surface area contributed by atoms with Gasteiger partial charge in [0, 0.05) is 12.1 Å². The van der Waals surface area contributed by atoms with Crippen LogP contribution in [0.3, 0.4) is 0 Å². The van der Waals surface area contributed by atoms with Crippen LogP contribution < -0.4 is 16.8 Å². The van der Waals surface area contributed by atoms with Crippen LogP contribution in [-0.4, -0.2) is 23.9 Å². The summed E-state index contributed by atoms with van der Waals surface area (Å²) in [4.78, 5) is 23.3. The fraction of sp³-hybridized carbons (Fsp3) is 0.846. The van der Waals surface area contributed by atoms with Crippen molar-refractivity contribution in [3.63, 3.8) is 0 Å². The van der Waals surface area contributed by atoms with Gasteiger partial charge >= 0.3 is 0 Å². The zero-order valence-electron chi connectivity index (χ0n) is 11.6. The number of hydrogen-bond donors (Lipinski definition) is 3. The standard InChI is InChI=1S/C13H25N3O2/c1-12(2,11(14)18)8-16-10(17)9-6-4-5-7-13(9,3)15/h9H,4-8,15H2,1-3H3,(H2,14,18)(H,16,17). The molecule has 1 aliphatic rings. The van der Waals surface area contributed by atoms with E-state index in [-0.39, 0.29) is 18.4 Å². The van der Waals surface area contributed by atoms with Crippen LogP contribution in [0.5, 0.6) is 0 Å². The second-order valence-electron chi connectivity index (χ2n) is 6.27. The number of primary amides is 1. The van der Waals surface area contributed by atoms with Gasteiger partial charge in [0.2, 0.25) is 11.8 Å². The Balaban J connectivity index is 2.58. The summed E-state index contributed by atoms with van der Waals surface area (Å²) in [6.45, 7) is 5.62. The van der Waals surface area contributed by atoms with Gasteiger partial charge in [0.05, 0.1) is 11.3 Å². The Morgan fingerprint density at radius 2 is 2.00 bits per heavy atom. The maximum Gasteiger partial charge on any atom is 0.224 e. The molecule has 1 saturated carbocycles. The lowest BCUT2D eigenvalue weighted by atomic mass is 9.74. The van der Waals surface area contributed by atoms with Crippen molar-refractivity contribution in [3.8, 4) is 0 Å². The van der Waals surface area contributed by atoms with Crippen LogP contribution in [0, 0.1) is 11.3 Å². The molecular formula is C13H25N3O2. The molecule has 104 valence electrons. The van der Waals surface area contributed by atoms with Gasteiger partial charge in [-0.15, -0.1) is 0 Å². The topological polar surface area (TPSA) is 98.2 Å². The van der Waals surface area contributed by atoms with E-state index < -0.39 is 16.9 Å². The third-order valence-electron chi connectivity index (χ3n) is 3.94. The van der Waals surface area contributed by atoms with Gasteiger partial charge in [-0.05, 0) is 33.6 Å². The largest absolute Gasteiger partial charge is 0.369 e. The third kappa shape index (κ3) is 3.45. The van der Waals surface area contributed by atoms with Crippen molar-refractivity contribution < 1.29 is 9.59 Å². The van der Waals surface area contributed by atoms with Gasteiger partial charge < -0.3 is 16.8 Å². The smallest absolute Gasteiger partial charge is 0.224 e. The summed E-state index contributed by atoms with van der Waals surface area (Å²) >= 11 is 0. The second-order valence-corrected chi connectivity index (χ2v) is 6.27. The number of carbonyl (C=O) groups is 2. The Hall–Kier alpha value is -1.10. The van der Waals surface area contributed by atoms with Crippen LogP contribution in [-0.2, 0) is 9.59 Å². The highest BCUT2D eigenvalue weighted by atomic mass is 16.2. The molecule has 5 nitrogen and oxygen atoms in total. The maximum atomic E-state index is 12.1. The van der Waals surface area contributed by atoms with E-state index in [4.69, 9.17) is 11.5 Å². The normalized spacial score (nSPS) is 28.8. The number of nitrogens with one attached hydrogen (secondary N) is 1. The monoisotopic (exact) mass is 255 g/mol. The fourth-order valence-corrected chi connectivity index (χ4v) is 2.31. The summed E-state index contributed by atoms with van der Waals surface area (Å²) in [6, 6.07) is 0. The molecule has 0 aromatic carbocycles. The van der Waals surface area contributed by atoms with E-state index in [0.717, 1.165) is 25.7 Å². The van der Waals surface area contributed by atoms with Crippen molar-refractivity contribution in [3.05, 3.63) is 0 Å². The first kappa shape index (κ1) is 15.0.